The van der Waals surface area contributed by atoms with Gasteiger partial charge < -0.3 is 5.11 Å². The van der Waals surface area contributed by atoms with E-state index in [4.69, 9.17) is 5.26 Å². The predicted octanol–water partition coefficient (Wildman–Crippen LogP) is 1.40. The number of hydrogen-bond acceptors (Lipinski definition) is 4. The zero-order chi connectivity index (χ0) is 14.1. The first-order valence-electron chi connectivity index (χ1n) is 5.20. The number of carbonyl (C=O) groups excluding carboxylic acids is 1. The number of aliphatic hydroxyl groups is 1. The molecule has 1 atom stereocenters. The highest BCUT2D eigenvalue weighted by atomic mass is 19.4. The molecule has 1 aliphatic heterocycles. The summed E-state index contributed by atoms with van der Waals surface area (Å²) in [6.07, 6.45) is -6.59. The first-order chi connectivity index (χ1) is 8.13. The second-order valence-electron chi connectivity index (χ2n) is 4.28. The molecule has 0 fully saturated rings. The Kier molecular flexibility index (Phi) is 3.67. The highest BCUT2D eigenvalue weighted by molar-refractivity contribution is 5.92. The van der Waals surface area contributed by atoms with E-state index in [1.165, 1.54) is 6.07 Å². The lowest BCUT2D eigenvalue weighted by Crippen LogP contribution is -2.56. The van der Waals surface area contributed by atoms with Crippen molar-refractivity contribution in [2.75, 3.05) is 0 Å². The summed E-state index contributed by atoms with van der Waals surface area (Å²) in [7, 11) is 0. The van der Waals surface area contributed by atoms with Crippen LogP contribution in [-0.2, 0) is 4.79 Å². The van der Waals surface area contributed by atoms with E-state index in [9.17, 15) is 23.1 Å². The molecule has 18 heavy (non-hydrogen) atoms. The van der Waals surface area contributed by atoms with Crippen LogP contribution in [0.1, 0.15) is 26.7 Å². The van der Waals surface area contributed by atoms with E-state index in [0.717, 1.165) is 0 Å². The third-order valence-corrected chi connectivity index (χ3v) is 2.59. The normalized spacial score (nSPS) is 24.1. The highest BCUT2D eigenvalue weighted by Gasteiger charge is 2.63. The molecule has 0 unspecified atom stereocenters. The van der Waals surface area contributed by atoms with Crippen LogP contribution >= 0.6 is 0 Å². The minimum absolute atomic E-state index is 0.0223. The summed E-state index contributed by atoms with van der Waals surface area (Å²) >= 11 is 0. The summed E-state index contributed by atoms with van der Waals surface area (Å²) in [4.78, 5) is 11.4. The number of halogens is 3. The van der Waals surface area contributed by atoms with Crippen molar-refractivity contribution in [1.82, 2.24) is 5.01 Å². The fourth-order valence-corrected chi connectivity index (χ4v) is 1.52. The van der Waals surface area contributed by atoms with E-state index in [2.05, 4.69) is 5.10 Å². The van der Waals surface area contributed by atoms with Gasteiger partial charge in [0.1, 0.15) is 6.42 Å². The molecule has 0 radical (unpaired) electrons. The van der Waals surface area contributed by atoms with Crippen molar-refractivity contribution in [3.63, 3.8) is 0 Å². The molecular formula is C10H12F3N3O2. The van der Waals surface area contributed by atoms with Gasteiger partial charge in [-0.2, -0.15) is 28.5 Å². The number of nitrogens with zero attached hydrogens (tertiary/aromatic N) is 3. The van der Waals surface area contributed by atoms with Crippen LogP contribution in [0.5, 0.6) is 0 Å². The molecule has 1 aliphatic rings. The number of amides is 1. The van der Waals surface area contributed by atoms with Gasteiger partial charge >= 0.3 is 6.18 Å². The van der Waals surface area contributed by atoms with E-state index in [1.807, 2.05) is 0 Å². The molecule has 0 aromatic carbocycles. The van der Waals surface area contributed by atoms with Gasteiger partial charge in [0.05, 0.1) is 6.07 Å². The van der Waals surface area contributed by atoms with E-state index < -0.39 is 30.7 Å². The van der Waals surface area contributed by atoms with Crippen LogP contribution in [0.15, 0.2) is 5.10 Å². The van der Waals surface area contributed by atoms with E-state index in [0.29, 0.717) is 0 Å². The van der Waals surface area contributed by atoms with Crippen molar-refractivity contribution in [2.45, 2.75) is 38.6 Å². The minimum atomic E-state index is -5.03. The van der Waals surface area contributed by atoms with Crippen molar-refractivity contribution in [3.05, 3.63) is 0 Å². The number of hydrazone groups is 1. The summed E-state index contributed by atoms with van der Waals surface area (Å²) in [5.74, 6) is -1.51. The Hall–Kier alpha value is -1.62. The average molecular weight is 263 g/mol. The molecule has 0 bridgehead atoms. The van der Waals surface area contributed by atoms with Gasteiger partial charge in [0.15, 0.2) is 0 Å². The molecule has 8 heteroatoms. The van der Waals surface area contributed by atoms with Crippen LogP contribution in [0.4, 0.5) is 13.2 Å². The largest absolute Gasteiger partial charge is 0.438 e. The maximum absolute atomic E-state index is 12.8. The van der Waals surface area contributed by atoms with Gasteiger partial charge in [-0.05, 0) is 5.92 Å². The van der Waals surface area contributed by atoms with Gasteiger partial charge in [-0.3, -0.25) is 4.79 Å². The molecule has 0 saturated carbocycles. The first kappa shape index (κ1) is 14.4. The minimum Gasteiger partial charge on any atom is -0.362 e. The Morgan fingerprint density at radius 3 is 2.61 bits per heavy atom. The molecule has 0 aromatic heterocycles. The lowest BCUT2D eigenvalue weighted by Gasteiger charge is -2.32. The van der Waals surface area contributed by atoms with Gasteiger partial charge in [-0.25, -0.2) is 0 Å². The van der Waals surface area contributed by atoms with Crippen molar-refractivity contribution in [1.29, 1.82) is 5.26 Å². The number of nitriles is 1. The summed E-state index contributed by atoms with van der Waals surface area (Å²) in [5.41, 5.74) is -3.28. The molecule has 0 aliphatic carbocycles. The Bertz CT molecular complexity index is 425. The smallest absolute Gasteiger partial charge is 0.362 e. The third-order valence-electron chi connectivity index (χ3n) is 2.59. The van der Waals surface area contributed by atoms with Crippen LogP contribution < -0.4 is 0 Å². The molecule has 0 saturated heterocycles. The number of rotatable bonds is 2. The van der Waals surface area contributed by atoms with Crippen LogP contribution in [0.25, 0.3) is 0 Å². The van der Waals surface area contributed by atoms with Gasteiger partial charge in [0.25, 0.3) is 11.6 Å². The van der Waals surface area contributed by atoms with E-state index in [-0.39, 0.29) is 16.6 Å². The fourth-order valence-electron chi connectivity index (χ4n) is 1.52. The van der Waals surface area contributed by atoms with E-state index in [1.54, 1.807) is 13.8 Å². The highest BCUT2D eigenvalue weighted by Crippen LogP contribution is 2.41. The van der Waals surface area contributed by atoms with Crippen LogP contribution in [0.2, 0.25) is 0 Å². The van der Waals surface area contributed by atoms with Crippen molar-refractivity contribution < 1.29 is 23.1 Å². The second-order valence-corrected chi connectivity index (χ2v) is 4.28. The van der Waals surface area contributed by atoms with Gasteiger partial charge in [-0.1, -0.05) is 13.8 Å². The van der Waals surface area contributed by atoms with Crippen molar-refractivity contribution in [3.8, 4) is 6.07 Å². The molecule has 5 nitrogen and oxygen atoms in total. The van der Waals surface area contributed by atoms with Crippen LogP contribution in [0.3, 0.4) is 0 Å². The quantitative estimate of drug-likeness (QED) is 0.818. The number of alkyl halides is 3. The predicted molar refractivity (Wildman–Crippen MR) is 55.0 cm³/mol. The molecule has 1 heterocycles. The molecule has 0 spiro atoms. The summed E-state index contributed by atoms with van der Waals surface area (Å²) < 4.78 is 38.5. The Morgan fingerprint density at radius 2 is 2.22 bits per heavy atom. The molecule has 0 aromatic rings. The number of hydrogen-bond donors (Lipinski definition) is 1. The molecule has 1 N–H and O–H groups in total. The molecular weight excluding hydrogens is 251 g/mol. The molecule has 1 rings (SSSR count). The Labute approximate surface area is 101 Å². The standard InChI is InChI=1S/C10H12F3N3O2/c1-6(2)7-5-9(18,10(11,12)13)16(15-7)8(17)3-4-14/h6,18H,3,5H2,1-2H3/t9-/m0/s1. The fraction of sp³-hybridized carbons (Fsp3) is 0.700. The zero-order valence-corrected chi connectivity index (χ0v) is 9.82. The van der Waals surface area contributed by atoms with Crippen molar-refractivity contribution >= 4 is 11.6 Å². The SMILES string of the molecule is CC(C)C1=NN(C(=O)CC#N)[C@@](O)(C(F)(F)F)C1. The summed E-state index contributed by atoms with van der Waals surface area (Å²) in [5, 5.41) is 21.5. The second kappa shape index (κ2) is 4.57. The molecule has 1 amide bonds. The summed E-state index contributed by atoms with van der Waals surface area (Å²) in [6.45, 7) is 3.21. The maximum Gasteiger partial charge on any atom is 0.438 e. The Balaban J connectivity index is 3.14. The van der Waals surface area contributed by atoms with Crippen LogP contribution in [0, 0.1) is 17.2 Å². The lowest BCUT2D eigenvalue weighted by molar-refractivity contribution is -0.302. The number of carbonyl (C=O) groups is 1. The lowest BCUT2D eigenvalue weighted by atomic mass is 9.99. The van der Waals surface area contributed by atoms with Crippen molar-refractivity contribution in [2.24, 2.45) is 11.0 Å². The monoisotopic (exact) mass is 263 g/mol. The zero-order valence-electron chi connectivity index (χ0n) is 9.82. The van der Waals surface area contributed by atoms with Gasteiger partial charge in [-0.15, -0.1) is 0 Å². The first-order valence-corrected chi connectivity index (χ1v) is 5.20. The third kappa shape index (κ3) is 2.31. The van der Waals surface area contributed by atoms with Gasteiger partial charge in [0, 0.05) is 12.1 Å². The topological polar surface area (TPSA) is 76.7 Å². The molecule has 100 valence electrons. The van der Waals surface area contributed by atoms with Crippen LogP contribution in [-0.4, -0.2) is 33.6 Å². The maximum atomic E-state index is 12.8. The Morgan fingerprint density at radius 1 is 1.67 bits per heavy atom. The van der Waals surface area contributed by atoms with E-state index >= 15 is 0 Å². The average Bonchev–Trinajstić information content (AvgIpc) is 2.57. The summed E-state index contributed by atoms with van der Waals surface area (Å²) in [6, 6.07) is 1.44. The van der Waals surface area contributed by atoms with Gasteiger partial charge in [0.2, 0.25) is 0 Å².